The van der Waals surface area contributed by atoms with Crippen LogP contribution in [0, 0.1) is 0 Å². The van der Waals surface area contributed by atoms with Crippen molar-refractivity contribution < 1.29 is 17.9 Å². The van der Waals surface area contributed by atoms with Crippen LogP contribution in [0.2, 0.25) is 5.02 Å². The van der Waals surface area contributed by atoms with Gasteiger partial charge >= 0.3 is 0 Å². The number of thiazole rings is 1. The number of anilines is 1. The third-order valence-electron chi connectivity index (χ3n) is 3.23. The molecule has 1 aliphatic heterocycles. The van der Waals surface area contributed by atoms with Crippen molar-refractivity contribution in [2.24, 2.45) is 0 Å². The maximum absolute atomic E-state index is 12.4. The summed E-state index contributed by atoms with van der Waals surface area (Å²) < 4.78 is 38.6. The predicted octanol–water partition coefficient (Wildman–Crippen LogP) is 3.48. The first-order chi connectivity index (χ1) is 11.0. The minimum Gasteiger partial charge on any atom is -0.454 e. The zero-order valence-corrected chi connectivity index (χ0v) is 13.8. The summed E-state index contributed by atoms with van der Waals surface area (Å²) >= 11 is 7.00. The Hall–Kier alpha value is -2.03. The van der Waals surface area contributed by atoms with Crippen molar-refractivity contribution >= 4 is 48.3 Å². The van der Waals surface area contributed by atoms with E-state index in [9.17, 15) is 8.42 Å². The highest BCUT2D eigenvalue weighted by molar-refractivity contribution is 7.93. The van der Waals surface area contributed by atoms with Crippen LogP contribution in [0.3, 0.4) is 0 Å². The Morgan fingerprint density at radius 3 is 2.57 bits per heavy atom. The van der Waals surface area contributed by atoms with Crippen LogP contribution in [0.25, 0.3) is 10.2 Å². The van der Waals surface area contributed by atoms with Gasteiger partial charge in [-0.05, 0) is 24.3 Å². The molecule has 0 fully saturated rings. The molecule has 2 aromatic carbocycles. The van der Waals surface area contributed by atoms with Crippen molar-refractivity contribution in [3.8, 4) is 11.5 Å². The standard InChI is InChI=1S/C14H9ClN2O4S2/c15-8-1-3-9(4-2-8)23(18,19)17-14-16-10-5-11-12(21-7-20-11)6-13(10)22-14/h1-6H,7H2,(H,16,17). The van der Waals surface area contributed by atoms with E-state index in [4.69, 9.17) is 21.1 Å². The number of rotatable bonds is 3. The fraction of sp³-hybridized carbons (Fsp3) is 0.0714. The molecule has 0 saturated heterocycles. The van der Waals surface area contributed by atoms with E-state index in [0.29, 0.717) is 22.0 Å². The lowest BCUT2D eigenvalue weighted by molar-refractivity contribution is 0.174. The monoisotopic (exact) mass is 368 g/mol. The summed E-state index contributed by atoms with van der Waals surface area (Å²) in [6, 6.07) is 9.44. The Labute approximate surface area is 140 Å². The third-order valence-corrected chi connectivity index (χ3v) is 5.90. The van der Waals surface area contributed by atoms with E-state index in [1.54, 1.807) is 12.1 Å². The minimum absolute atomic E-state index is 0.121. The van der Waals surface area contributed by atoms with Crippen LogP contribution in [0.5, 0.6) is 11.5 Å². The maximum Gasteiger partial charge on any atom is 0.263 e. The summed E-state index contributed by atoms with van der Waals surface area (Å²) in [5.74, 6) is 1.24. The molecule has 0 unspecified atom stereocenters. The fourth-order valence-electron chi connectivity index (χ4n) is 2.15. The van der Waals surface area contributed by atoms with Gasteiger partial charge < -0.3 is 9.47 Å². The number of hydrogen-bond donors (Lipinski definition) is 1. The number of nitrogens with one attached hydrogen (secondary N) is 1. The van der Waals surface area contributed by atoms with Crippen LogP contribution < -0.4 is 14.2 Å². The number of benzene rings is 2. The van der Waals surface area contributed by atoms with Crippen molar-refractivity contribution in [3.05, 3.63) is 41.4 Å². The van der Waals surface area contributed by atoms with Crippen LogP contribution >= 0.6 is 22.9 Å². The van der Waals surface area contributed by atoms with Crippen molar-refractivity contribution in [1.82, 2.24) is 4.98 Å². The first kappa shape index (κ1) is 14.6. The quantitative estimate of drug-likeness (QED) is 0.765. The molecule has 0 spiro atoms. The van der Waals surface area contributed by atoms with Gasteiger partial charge in [0.1, 0.15) is 0 Å². The second-order valence-electron chi connectivity index (χ2n) is 4.75. The molecule has 4 rings (SSSR count). The Balaban J connectivity index is 1.68. The molecule has 1 aliphatic rings. The van der Waals surface area contributed by atoms with Gasteiger partial charge in [0.25, 0.3) is 10.0 Å². The molecule has 9 heteroatoms. The van der Waals surface area contributed by atoms with Gasteiger partial charge in [0.05, 0.1) is 15.1 Å². The van der Waals surface area contributed by atoms with Crippen LogP contribution in [-0.2, 0) is 10.0 Å². The van der Waals surface area contributed by atoms with Gasteiger partial charge in [-0.1, -0.05) is 22.9 Å². The number of aromatic nitrogens is 1. The van der Waals surface area contributed by atoms with Crippen molar-refractivity contribution in [2.75, 3.05) is 11.5 Å². The third kappa shape index (κ3) is 2.69. The lowest BCUT2D eigenvalue weighted by atomic mass is 10.3. The maximum atomic E-state index is 12.4. The zero-order valence-electron chi connectivity index (χ0n) is 11.4. The van der Waals surface area contributed by atoms with Crippen LogP contribution in [0.4, 0.5) is 5.13 Å². The average Bonchev–Trinajstić information content (AvgIpc) is 3.09. The van der Waals surface area contributed by atoms with Gasteiger partial charge in [-0.15, -0.1) is 0 Å². The van der Waals surface area contributed by atoms with E-state index in [2.05, 4.69) is 9.71 Å². The number of hydrogen-bond acceptors (Lipinski definition) is 6. The molecular weight excluding hydrogens is 360 g/mol. The first-order valence-electron chi connectivity index (χ1n) is 6.50. The summed E-state index contributed by atoms with van der Waals surface area (Å²) in [5.41, 5.74) is 0.646. The fourth-order valence-corrected chi connectivity index (χ4v) is 4.39. The van der Waals surface area contributed by atoms with E-state index < -0.39 is 10.0 Å². The zero-order chi connectivity index (χ0) is 16.0. The largest absolute Gasteiger partial charge is 0.454 e. The molecule has 2 heterocycles. The van der Waals surface area contributed by atoms with Crippen molar-refractivity contribution in [2.45, 2.75) is 4.90 Å². The summed E-state index contributed by atoms with van der Waals surface area (Å²) in [5, 5.41) is 0.747. The van der Waals surface area contributed by atoms with Gasteiger partial charge in [-0.25, -0.2) is 13.4 Å². The molecule has 0 bridgehead atoms. The molecule has 3 aromatic rings. The van der Waals surface area contributed by atoms with Gasteiger partial charge in [-0.3, -0.25) is 4.72 Å². The highest BCUT2D eigenvalue weighted by Crippen LogP contribution is 2.39. The summed E-state index contributed by atoms with van der Waals surface area (Å²) in [6.45, 7) is 0.183. The molecule has 0 aliphatic carbocycles. The van der Waals surface area contributed by atoms with Crippen molar-refractivity contribution in [1.29, 1.82) is 0 Å². The van der Waals surface area contributed by atoms with E-state index in [0.717, 1.165) is 4.70 Å². The summed E-state index contributed by atoms with van der Waals surface area (Å²) in [7, 11) is -3.71. The molecular formula is C14H9ClN2O4S2. The SMILES string of the molecule is O=S(=O)(Nc1nc2cc3c(cc2s1)OCO3)c1ccc(Cl)cc1. The topological polar surface area (TPSA) is 77.5 Å². The summed E-state index contributed by atoms with van der Waals surface area (Å²) in [6.07, 6.45) is 0. The lowest BCUT2D eigenvalue weighted by Crippen LogP contribution is -2.12. The molecule has 1 N–H and O–H groups in total. The number of nitrogens with zero attached hydrogens (tertiary/aromatic N) is 1. The van der Waals surface area contributed by atoms with Crippen molar-refractivity contribution in [3.63, 3.8) is 0 Å². The minimum atomic E-state index is -3.71. The molecule has 0 atom stereocenters. The van der Waals surface area contributed by atoms with E-state index >= 15 is 0 Å². The lowest BCUT2D eigenvalue weighted by Gasteiger charge is -2.04. The van der Waals surface area contributed by atoms with E-state index in [1.807, 2.05) is 0 Å². The highest BCUT2D eigenvalue weighted by atomic mass is 35.5. The van der Waals surface area contributed by atoms with E-state index in [1.165, 1.54) is 35.6 Å². The number of sulfonamides is 1. The predicted molar refractivity (Wildman–Crippen MR) is 88.0 cm³/mol. The van der Waals surface area contributed by atoms with Crippen LogP contribution in [0.15, 0.2) is 41.3 Å². The molecule has 0 saturated carbocycles. The Kier molecular flexibility index (Phi) is 3.33. The van der Waals surface area contributed by atoms with Gasteiger partial charge in [0, 0.05) is 17.2 Å². The van der Waals surface area contributed by atoms with Gasteiger partial charge in [0.15, 0.2) is 16.6 Å². The molecule has 6 nitrogen and oxygen atoms in total. The van der Waals surface area contributed by atoms with Gasteiger partial charge in [0.2, 0.25) is 6.79 Å². The van der Waals surface area contributed by atoms with E-state index in [-0.39, 0.29) is 16.8 Å². The molecule has 118 valence electrons. The van der Waals surface area contributed by atoms with Crippen LogP contribution in [0.1, 0.15) is 0 Å². The number of halogens is 1. The molecule has 1 aromatic heterocycles. The molecule has 23 heavy (non-hydrogen) atoms. The normalized spacial score (nSPS) is 13.4. The Morgan fingerprint density at radius 2 is 1.83 bits per heavy atom. The second kappa shape index (κ2) is 5.26. The molecule has 0 radical (unpaired) electrons. The first-order valence-corrected chi connectivity index (χ1v) is 9.18. The Morgan fingerprint density at radius 1 is 1.13 bits per heavy atom. The number of ether oxygens (including phenoxy) is 2. The van der Waals surface area contributed by atoms with Crippen LogP contribution in [-0.4, -0.2) is 20.2 Å². The Bertz CT molecular complexity index is 959. The number of fused-ring (bicyclic) bond motifs is 2. The van der Waals surface area contributed by atoms with Gasteiger partial charge in [-0.2, -0.15) is 0 Å². The highest BCUT2D eigenvalue weighted by Gasteiger charge is 2.19. The summed E-state index contributed by atoms with van der Waals surface area (Å²) in [4.78, 5) is 4.41. The molecule has 0 amide bonds. The second-order valence-corrected chi connectivity index (χ2v) is 7.90. The average molecular weight is 369 g/mol. The smallest absolute Gasteiger partial charge is 0.263 e.